The van der Waals surface area contributed by atoms with Gasteiger partial charge in [-0.15, -0.1) is 0 Å². The normalized spacial score (nSPS) is 11.5. The van der Waals surface area contributed by atoms with Crippen LogP contribution in [0, 0.1) is 6.92 Å². The number of rotatable bonds is 5. The zero-order valence-electron chi connectivity index (χ0n) is 12.4. The van der Waals surface area contributed by atoms with E-state index in [4.69, 9.17) is 9.84 Å². The summed E-state index contributed by atoms with van der Waals surface area (Å²) in [6.07, 6.45) is -0.938. The van der Waals surface area contributed by atoms with E-state index >= 15 is 0 Å². The first-order chi connectivity index (χ1) is 10.5. The summed E-state index contributed by atoms with van der Waals surface area (Å²) in [6.45, 7) is 3.42. The Balaban J connectivity index is 2.01. The first kappa shape index (κ1) is 15.6. The minimum Gasteiger partial charge on any atom is -0.479 e. The van der Waals surface area contributed by atoms with Crippen molar-refractivity contribution >= 4 is 17.6 Å². The molecule has 0 aliphatic carbocycles. The van der Waals surface area contributed by atoms with Crippen LogP contribution in [0.4, 0.5) is 5.69 Å². The fourth-order valence-corrected chi connectivity index (χ4v) is 1.78. The van der Waals surface area contributed by atoms with Crippen LogP contribution in [0.25, 0.3) is 0 Å². The summed E-state index contributed by atoms with van der Waals surface area (Å²) in [5.41, 5.74) is 2.30. The Morgan fingerprint density at radius 1 is 1.05 bits per heavy atom. The number of hydrogen-bond acceptors (Lipinski definition) is 3. The van der Waals surface area contributed by atoms with E-state index in [-0.39, 0.29) is 5.91 Å². The topological polar surface area (TPSA) is 75.6 Å². The van der Waals surface area contributed by atoms with E-state index in [1.807, 2.05) is 31.2 Å². The van der Waals surface area contributed by atoms with E-state index in [9.17, 15) is 9.59 Å². The maximum absolute atomic E-state index is 12.1. The van der Waals surface area contributed by atoms with Gasteiger partial charge in [0.05, 0.1) is 0 Å². The fourth-order valence-electron chi connectivity index (χ4n) is 1.78. The van der Waals surface area contributed by atoms with E-state index in [0.29, 0.717) is 11.3 Å². The molecule has 2 aromatic rings. The third-order valence-corrected chi connectivity index (χ3v) is 3.09. The average Bonchev–Trinajstić information content (AvgIpc) is 2.50. The number of carbonyl (C=O) groups is 2. The molecule has 2 N–H and O–H groups in total. The molecule has 1 atom stereocenters. The van der Waals surface area contributed by atoms with E-state index in [0.717, 1.165) is 11.3 Å². The monoisotopic (exact) mass is 299 g/mol. The second-order valence-electron chi connectivity index (χ2n) is 4.94. The molecule has 0 aliphatic heterocycles. The highest BCUT2D eigenvalue weighted by Crippen LogP contribution is 2.16. The first-order valence-electron chi connectivity index (χ1n) is 6.83. The van der Waals surface area contributed by atoms with Crippen molar-refractivity contribution in [2.75, 3.05) is 5.32 Å². The van der Waals surface area contributed by atoms with Gasteiger partial charge in [-0.3, -0.25) is 4.79 Å². The fraction of sp³-hybridized carbons (Fsp3) is 0.176. The van der Waals surface area contributed by atoms with Crippen molar-refractivity contribution in [3.05, 3.63) is 59.7 Å². The summed E-state index contributed by atoms with van der Waals surface area (Å²) >= 11 is 0. The number of hydrogen-bond donors (Lipinski definition) is 2. The molecule has 2 rings (SSSR count). The number of amides is 1. The molecule has 0 aromatic heterocycles. The highest BCUT2D eigenvalue weighted by atomic mass is 16.5. The molecule has 0 spiro atoms. The molecule has 0 fully saturated rings. The Bertz CT molecular complexity index is 662. The van der Waals surface area contributed by atoms with Crippen molar-refractivity contribution in [1.29, 1.82) is 0 Å². The van der Waals surface area contributed by atoms with Gasteiger partial charge in [0.25, 0.3) is 5.91 Å². The number of ether oxygens (including phenoxy) is 1. The van der Waals surface area contributed by atoms with Gasteiger partial charge in [0, 0.05) is 11.3 Å². The molecule has 0 aliphatic rings. The number of aliphatic carboxylic acids is 1. The molecule has 0 heterocycles. The molecule has 2 aromatic carbocycles. The highest BCUT2D eigenvalue weighted by molar-refractivity contribution is 6.04. The summed E-state index contributed by atoms with van der Waals surface area (Å²) < 4.78 is 5.21. The average molecular weight is 299 g/mol. The van der Waals surface area contributed by atoms with E-state index in [1.54, 1.807) is 24.3 Å². The van der Waals surface area contributed by atoms with Crippen LogP contribution in [0.1, 0.15) is 22.8 Å². The molecular formula is C17H17NO4. The lowest BCUT2D eigenvalue weighted by atomic mass is 10.2. The predicted octanol–water partition coefficient (Wildman–Crippen LogP) is 3.10. The van der Waals surface area contributed by atoms with Crippen molar-refractivity contribution < 1.29 is 19.4 Å². The summed E-state index contributed by atoms with van der Waals surface area (Å²) in [4.78, 5) is 22.8. The van der Waals surface area contributed by atoms with Crippen molar-refractivity contribution in [3.8, 4) is 5.75 Å². The number of carboxylic acid groups (broad SMARTS) is 1. The molecule has 5 heteroatoms. The van der Waals surface area contributed by atoms with E-state index in [1.165, 1.54) is 6.92 Å². The molecule has 1 amide bonds. The van der Waals surface area contributed by atoms with Crippen LogP contribution in [-0.2, 0) is 4.79 Å². The van der Waals surface area contributed by atoms with Crippen molar-refractivity contribution in [2.24, 2.45) is 0 Å². The zero-order chi connectivity index (χ0) is 16.1. The number of benzene rings is 2. The van der Waals surface area contributed by atoms with Gasteiger partial charge >= 0.3 is 5.97 Å². The summed E-state index contributed by atoms with van der Waals surface area (Å²) in [5, 5.41) is 11.6. The van der Waals surface area contributed by atoms with Gasteiger partial charge < -0.3 is 15.2 Å². The quantitative estimate of drug-likeness (QED) is 0.889. The molecule has 114 valence electrons. The van der Waals surface area contributed by atoms with E-state index in [2.05, 4.69) is 5.32 Å². The van der Waals surface area contributed by atoms with Gasteiger partial charge in [0.15, 0.2) is 6.10 Å². The lowest BCUT2D eigenvalue weighted by Gasteiger charge is -2.11. The van der Waals surface area contributed by atoms with Gasteiger partial charge in [-0.05, 0) is 50.2 Å². The van der Waals surface area contributed by atoms with Crippen LogP contribution in [0.5, 0.6) is 5.75 Å². The van der Waals surface area contributed by atoms with Crippen LogP contribution in [0.3, 0.4) is 0 Å². The standard InChI is InChI=1S/C17H17NO4/c1-11-3-7-14(8-4-11)18-16(19)13-5-9-15(10-6-13)22-12(2)17(20)21/h3-10,12H,1-2H3,(H,18,19)(H,20,21). The van der Waals surface area contributed by atoms with Gasteiger partial charge in [0.2, 0.25) is 0 Å². The number of anilines is 1. The molecule has 0 saturated carbocycles. The Labute approximate surface area is 128 Å². The highest BCUT2D eigenvalue weighted by Gasteiger charge is 2.13. The maximum Gasteiger partial charge on any atom is 0.344 e. The molecule has 0 radical (unpaired) electrons. The van der Waals surface area contributed by atoms with Gasteiger partial charge in [0.1, 0.15) is 5.75 Å². The minimum atomic E-state index is -1.04. The van der Waals surface area contributed by atoms with Gasteiger partial charge in [-0.2, -0.15) is 0 Å². The minimum absolute atomic E-state index is 0.235. The lowest BCUT2D eigenvalue weighted by molar-refractivity contribution is -0.144. The molecule has 5 nitrogen and oxygen atoms in total. The summed E-state index contributed by atoms with van der Waals surface area (Å²) in [7, 11) is 0. The Morgan fingerprint density at radius 3 is 2.18 bits per heavy atom. The second kappa shape index (κ2) is 6.76. The number of aryl methyl sites for hydroxylation is 1. The second-order valence-corrected chi connectivity index (χ2v) is 4.94. The predicted molar refractivity (Wildman–Crippen MR) is 83.3 cm³/mol. The number of carboxylic acids is 1. The summed E-state index contributed by atoms with van der Waals surface area (Å²) in [5.74, 6) is -0.871. The summed E-state index contributed by atoms with van der Waals surface area (Å²) in [6, 6.07) is 13.8. The third-order valence-electron chi connectivity index (χ3n) is 3.09. The Hall–Kier alpha value is -2.82. The van der Waals surface area contributed by atoms with E-state index < -0.39 is 12.1 Å². The molecule has 0 bridgehead atoms. The van der Waals surface area contributed by atoms with Crippen LogP contribution in [0.2, 0.25) is 0 Å². The maximum atomic E-state index is 12.1. The van der Waals surface area contributed by atoms with Crippen molar-refractivity contribution in [3.63, 3.8) is 0 Å². The first-order valence-corrected chi connectivity index (χ1v) is 6.83. The van der Waals surface area contributed by atoms with Crippen LogP contribution in [-0.4, -0.2) is 23.1 Å². The smallest absolute Gasteiger partial charge is 0.344 e. The largest absolute Gasteiger partial charge is 0.479 e. The number of nitrogens with one attached hydrogen (secondary N) is 1. The van der Waals surface area contributed by atoms with Crippen LogP contribution < -0.4 is 10.1 Å². The molecule has 0 saturated heterocycles. The SMILES string of the molecule is Cc1ccc(NC(=O)c2ccc(OC(C)C(=O)O)cc2)cc1. The molecular weight excluding hydrogens is 282 g/mol. The zero-order valence-corrected chi connectivity index (χ0v) is 12.4. The van der Waals surface area contributed by atoms with Crippen molar-refractivity contribution in [1.82, 2.24) is 0 Å². The third kappa shape index (κ3) is 4.09. The molecule has 1 unspecified atom stereocenters. The van der Waals surface area contributed by atoms with Crippen LogP contribution in [0.15, 0.2) is 48.5 Å². The Kier molecular flexibility index (Phi) is 4.78. The Morgan fingerprint density at radius 2 is 1.64 bits per heavy atom. The molecule has 22 heavy (non-hydrogen) atoms. The van der Waals surface area contributed by atoms with Gasteiger partial charge in [-0.1, -0.05) is 17.7 Å². The van der Waals surface area contributed by atoms with Gasteiger partial charge in [-0.25, -0.2) is 4.79 Å². The number of carbonyl (C=O) groups excluding carboxylic acids is 1. The lowest BCUT2D eigenvalue weighted by Crippen LogP contribution is -2.22. The van der Waals surface area contributed by atoms with Crippen LogP contribution >= 0.6 is 0 Å². The van der Waals surface area contributed by atoms with Crippen molar-refractivity contribution in [2.45, 2.75) is 20.0 Å².